The lowest BCUT2D eigenvalue weighted by Crippen LogP contribution is -1.95. The molecule has 0 heterocycles. The maximum atomic E-state index is 9.98. The summed E-state index contributed by atoms with van der Waals surface area (Å²) in [6, 6.07) is 6.75. The van der Waals surface area contributed by atoms with Crippen LogP contribution in [0.2, 0.25) is 0 Å². The SMILES string of the molecule is C=C(Cl)COc1cccc(N=C=O)c1. The summed E-state index contributed by atoms with van der Waals surface area (Å²) in [5, 5.41) is 0.411. The molecule has 0 aliphatic heterocycles. The molecule has 1 aromatic rings. The van der Waals surface area contributed by atoms with E-state index in [0.717, 1.165) is 0 Å². The van der Waals surface area contributed by atoms with E-state index in [9.17, 15) is 4.79 Å². The van der Waals surface area contributed by atoms with Gasteiger partial charge in [-0.3, -0.25) is 0 Å². The van der Waals surface area contributed by atoms with Gasteiger partial charge in [0, 0.05) is 11.1 Å². The first kappa shape index (κ1) is 10.5. The molecule has 0 saturated carbocycles. The number of halogens is 1. The molecular formula is C10H8ClNO2. The minimum Gasteiger partial charge on any atom is -0.488 e. The number of nitrogens with zero attached hydrogens (tertiary/aromatic N) is 1. The lowest BCUT2D eigenvalue weighted by atomic mass is 10.3. The summed E-state index contributed by atoms with van der Waals surface area (Å²) >= 11 is 5.52. The van der Waals surface area contributed by atoms with Crippen LogP contribution in [0, 0.1) is 0 Å². The first-order chi connectivity index (χ1) is 6.72. The standard InChI is InChI=1S/C10H8ClNO2/c1-8(11)6-14-10-4-2-3-9(5-10)12-7-13/h2-5H,1,6H2. The molecule has 0 spiro atoms. The van der Waals surface area contributed by atoms with Gasteiger partial charge in [0.1, 0.15) is 12.4 Å². The normalized spacial score (nSPS) is 8.93. The van der Waals surface area contributed by atoms with Gasteiger partial charge >= 0.3 is 0 Å². The molecule has 0 radical (unpaired) electrons. The Kier molecular flexibility index (Phi) is 3.92. The third-order valence-corrected chi connectivity index (χ3v) is 1.50. The highest BCUT2D eigenvalue weighted by molar-refractivity contribution is 6.29. The lowest BCUT2D eigenvalue weighted by molar-refractivity contribution is 0.359. The van der Waals surface area contributed by atoms with Gasteiger partial charge in [0.05, 0.1) is 5.69 Å². The van der Waals surface area contributed by atoms with Crippen molar-refractivity contribution < 1.29 is 9.53 Å². The Labute approximate surface area is 86.7 Å². The van der Waals surface area contributed by atoms with E-state index in [2.05, 4.69) is 11.6 Å². The molecule has 72 valence electrons. The molecule has 0 aliphatic rings. The molecule has 3 nitrogen and oxygen atoms in total. The zero-order valence-corrected chi connectivity index (χ0v) is 8.12. The van der Waals surface area contributed by atoms with Crippen molar-refractivity contribution >= 4 is 23.4 Å². The number of benzene rings is 1. The largest absolute Gasteiger partial charge is 0.488 e. The van der Waals surface area contributed by atoms with Gasteiger partial charge in [-0.05, 0) is 12.1 Å². The van der Waals surface area contributed by atoms with Crippen LogP contribution in [0.4, 0.5) is 5.69 Å². The molecule has 14 heavy (non-hydrogen) atoms. The quantitative estimate of drug-likeness (QED) is 0.565. The molecule has 0 aliphatic carbocycles. The third kappa shape index (κ3) is 3.44. The highest BCUT2D eigenvalue weighted by atomic mass is 35.5. The molecule has 0 aromatic heterocycles. The maximum absolute atomic E-state index is 9.98. The molecule has 0 unspecified atom stereocenters. The second kappa shape index (κ2) is 5.22. The molecule has 0 amide bonds. The van der Waals surface area contributed by atoms with Crippen molar-refractivity contribution in [3.8, 4) is 5.75 Å². The molecule has 0 atom stereocenters. The Morgan fingerprint density at radius 2 is 2.43 bits per heavy atom. The van der Waals surface area contributed by atoms with E-state index in [1.807, 2.05) is 0 Å². The first-order valence-electron chi connectivity index (χ1n) is 3.86. The number of hydrogen-bond donors (Lipinski definition) is 0. The molecular weight excluding hydrogens is 202 g/mol. The van der Waals surface area contributed by atoms with Crippen LogP contribution in [0.25, 0.3) is 0 Å². The fraction of sp³-hybridized carbons (Fsp3) is 0.100. The molecule has 0 N–H and O–H groups in total. The molecule has 1 rings (SSSR count). The van der Waals surface area contributed by atoms with Crippen molar-refractivity contribution in [1.82, 2.24) is 0 Å². The van der Waals surface area contributed by atoms with Gasteiger partial charge in [-0.25, -0.2) is 4.79 Å². The summed E-state index contributed by atoms with van der Waals surface area (Å²) in [6.07, 6.45) is 1.45. The van der Waals surface area contributed by atoms with Crippen LogP contribution in [0.1, 0.15) is 0 Å². The van der Waals surface area contributed by atoms with E-state index >= 15 is 0 Å². The maximum Gasteiger partial charge on any atom is 0.240 e. The second-order valence-corrected chi connectivity index (χ2v) is 3.04. The van der Waals surface area contributed by atoms with E-state index in [1.54, 1.807) is 24.3 Å². The van der Waals surface area contributed by atoms with Gasteiger partial charge in [-0.2, -0.15) is 4.99 Å². The Morgan fingerprint density at radius 3 is 3.07 bits per heavy atom. The number of carbonyl (C=O) groups excluding carboxylic acids is 1. The Morgan fingerprint density at radius 1 is 1.64 bits per heavy atom. The topological polar surface area (TPSA) is 38.7 Å². The summed E-state index contributed by atoms with van der Waals surface area (Å²) in [5.74, 6) is 0.586. The minimum absolute atomic E-state index is 0.232. The number of aliphatic imine (C=N–C) groups is 1. The first-order valence-corrected chi connectivity index (χ1v) is 4.24. The fourth-order valence-electron chi connectivity index (χ4n) is 0.857. The van der Waals surface area contributed by atoms with Crippen LogP contribution >= 0.6 is 11.6 Å². The summed E-state index contributed by atoms with van der Waals surface area (Å²) in [6.45, 7) is 3.72. The highest BCUT2D eigenvalue weighted by Gasteiger charge is 1.96. The summed E-state index contributed by atoms with van der Waals surface area (Å²) in [4.78, 5) is 13.4. The summed E-state index contributed by atoms with van der Waals surface area (Å²) < 4.78 is 5.23. The molecule has 0 bridgehead atoms. The van der Waals surface area contributed by atoms with Gasteiger partial charge in [0.25, 0.3) is 0 Å². The van der Waals surface area contributed by atoms with Crippen molar-refractivity contribution in [2.24, 2.45) is 4.99 Å². The summed E-state index contributed by atoms with van der Waals surface area (Å²) in [7, 11) is 0. The van der Waals surface area contributed by atoms with Crippen LogP contribution in [0.15, 0.2) is 40.9 Å². The van der Waals surface area contributed by atoms with Crippen LogP contribution in [-0.4, -0.2) is 12.7 Å². The fourth-order valence-corrected chi connectivity index (χ4v) is 0.912. The molecule has 1 aromatic carbocycles. The van der Waals surface area contributed by atoms with E-state index < -0.39 is 0 Å². The van der Waals surface area contributed by atoms with E-state index in [1.165, 1.54) is 6.08 Å². The zero-order valence-electron chi connectivity index (χ0n) is 7.37. The number of isocyanates is 1. The predicted molar refractivity (Wildman–Crippen MR) is 54.7 cm³/mol. The Balaban J connectivity index is 2.73. The molecule has 0 saturated heterocycles. The second-order valence-electron chi connectivity index (χ2n) is 2.51. The molecule has 4 heteroatoms. The van der Waals surface area contributed by atoms with Gasteiger partial charge in [0.2, 0.25) is 6.08 Å². The number of ether oxygens (including phenoxy) is 1. The van der Waals surface area contributed by atoms with Crippen LogP contribution in [0.5, 0.6) is 5.75 Å². The van der Waals surface area contributed by atoms with Gasteiger partial charge in [0.15, 0.2) is 0 Å². The van der Waals surface area contributed by atoms with Crippen molar-refractivity contribution in [3.63, 3.8) is 0 Å². The van der Waals surface area contributed by atoms with E-state index in [0.29, 0.717) is 16.5 Å². The van der Waals surface area contributed by atoms with Gasteiger partial charge in [-0.15, -0.1) is 0 Å². The van der Waals surface area contributed by atoms with Crippen LogP contribution in [0.3, 0.4) is 0 Å². The lowest BCUT2D eigenvalue weighted by Gasteiger charge is -2.04. The predicted octanol–water partition coefficient (Wildman–Crippen LogP) is 2.79. The van der Waals surface area contributed by atoms with Crippen molar-refractivity contribution in [2.75, 3.05) is 6.61 Å². The van der Waals surface area contributed by atoms with Crippen LogP contribution < -0.4 is 4.74 Å². The van der Waals surface area contributed by atoms with Crippen molar-refractivity contribution in [2.45, 2.75) is 0 Å². The number of hydrogen-bond acceptors (Lipinski definition) is 3. The summed E-state index contributed by atoms with van der Waals surface area (Å²) in [5.41, 5.74) is 0.498. The van der Waals surface area contributed by atoms with E-state index in [-0.39, 0.29) is 6.61 Å². The average molecular weight is 210 g/mol. The monoisotopic (exact) mass is 209 g/mol. The van der Waals surface area contributed by atoms with Crippen molar-refractivity contribution in [3.05, 3.63) is 35.9 Å². The zero-order chi connectivity index (χ0) is 10.4. The van der Waals surface area contributed by atoms with Gasteiger partial charge < -0.3 is 4.74 Å². The smallest absolute Gasteiger partial charge is 0.240 e. The van der Waals surface area contributed by atoms with Gasteiger partial charge in [-0.1, -0.05) is 24.2 Å². The minimum atomic E-state index is 0.232. The number of rotatable bonds is 4. The Hall–Kier alpha value is -1.57. The highest BCUT2D eigenvalue weighted by Crippen LogP contribution is 2.19. The van der Waals surface area contributed by atoms with E-state index in [4.69, 9.17) is 16.3 Å². The third-order valence-electron chi connectivity index (χ3n) is 1.39. The Bertz CT molecular complexity index is 383. The molecule has 0 fully saturated rings. The van der Waals surface area contributed by atoms with Crippen LogP contribution in [-0.2, 0) is 4.79 Å². The van der Waals surface area contributed by atoms with Crippen molar-refractivity contribution in [1.29, 1.82) is 0 Å². The average Bonchev–Trinajstić information content (AvgIpc) is 2.16.